The fourth-order valence-electron chi connectivity index (χ4n) is 4.08. The molecule has 0 radical (unpaired) electrons. The third-order valence-corrected chi connectivity index (χ3v) is 5.43. The van der Waals surface area contributed by atoms with Gasteiger partial charge in [0.25, 0.3) is 5.91 Å². The van der Waals surface area contributed by atoms with Gasteiger partial charge in [-0.05, 0) is 55.4 Å². The van der Waals surface area contributed by atoms with Gasteiger partial charge in [0.1, 0.15) is 5.75 Å². The summed E-state index contributed by atoms with van der Waals surface area (Å²) in [5.74, 6) is 0.837. The second-order valence-electron chi connectivity index (χ2n) is 7.06. The zero-order valence-corrected chi connectivity index (χ0v) is 15.4. The second kappa shape index (κ2) is 8.88. The van der Waals surface area contributed by atoms with Crippen molar-refractivity contribution < 1.29 is 19.1 Å². The van der Waals surface area contributed by atoms with Crippen molar-refractivity contribution in [2.75, 3.05) is 20.3 Å². The first-order chi connectivity index (χ1) is 12.7. The molecule has 5 nitrogen and oxygen atoms in total. The number of amides is 1. The van der Waals surface area contributed by atoms with Crippen LogP contribution in [0.5, 0.6) is 5.75 Å². The molecule has 1 aromatic carbocycles. The minimum absolute atomic E-state index is 0.0622. The molecule has 0 N–H and O–H groups in total. The first kappa shape index (κ1) is 18.5. The van der Waals surface area contributed by atoms with E-state index < -0.39 is 5.97 Å². The van der Waals surface area contributed by atoms with Gasteiger partial charge in [-0.15, -0.1) is 0 Å². The number of esters is 1. The number of carbonyl (C=O) groups excluding carboxylic acids is 2. The molecule has 1 saturated carbocycles. The lowest BCUT2D eigenvalue weighted by molar-refractivity contribution is -0.151. The Morgan fingerprint density at radius 2 is 1.85 bits per heavy atom. The molecular weight excluding hydrogens is 330 g/mol. The quantitative estimate of drug-likeness (QED) is 0.598. The molecule has 0 spiro atoms. The zero-order valence-electron chi connectivity index (χ0n) is 15.4. The van der Waals surface area contributed by atoms with Crippen LogP contribution in [0.4, 0.5) is 0 Å². The maximum absolute atomic E-state index is 12.5. The Labute approximate surface area is 155 Å². The van der Waals surface area contributed by atoms with Crippen LogP contribution in [0.2, 0.25) is 0 Å². The fourth-order valence-corrected chi connectivity index (χ4v) is 4.08. The summed E-state index contributed by atoms with van der Waals surface area (Å²) in [6.07, 6.45) is 10.1. The first-order valence-electron chi connectivity index (χ1n) is 9.46. The Hall–Kier alpha value is -2.30. The number of benzene rings is 1. The van der Waals surface area contributed by atoms with Crippen LogP contribution in [0, 0.1) is 5.92 Å². The van der Waals surface area contributed by atoms with Crippen LogP contribution in [0.15, 0.2) is 30.3 Å². The van der Waals surface area contributed by atoms with Crippen molar-refractivity contribution in [1.82, 2.24) is 4.90 Å². The Balaban J connectivity index is 1.48. The number of ether oxygens (including phenoxy) is 2. The van der Waals surface area contributed by atoms with Crippen molar-refractivity contribution in [3.8, 4) is 5.75 Å². The van der Waals surface area contributed by atoms with E-state index in [1.165, 1.54) is 31.8 Å². The molecule has 1 saturated heterocycles. The summed E-state index contributed by atoms with van der Waals surface area (Å²) in [5, 5.41) is 0. The smallest absolute Gasteiger partial charge is 0.331 e. The molecule has 2 fully saturated rings. The lowest BCUT2D eigenvalue weighted by Crippen LogP contribution is -2.50. The number of piperidine rings is 1. The van der Waals surface area contributed by atoms with Crippen LogP contribution in [0.25, 0.3) is 6.08 Å². The maximum atomic E-state index is 12.5. The van der Waals surface area contributed by atoms with Crippen LogP contribution in [0.1, 0.15) is 44.1 Å². The van der Waals surface area contributed by atoms with Gasteiger partial charge in [-0.2, -0.15) is 0 Å². The second-order valence-corrected chi connectivity index (χ2v) is 7.06. The molecule has 2 aliphatic rings. The minimum Gasteiger partial charge on any atom is -0.497 e. The standard InChI is InChI=1S/C21H27NO4/c1-25-18-11-8-16(9-12-18)10-13-21(24)26-15-20(23)22-14-4-6-17-5-2-3-7-19(17)22/h8-13,17,19H,2-7,14-15H2,1H3/b13-10+/t17-,19-/m1/s1. The van der Waals surface area contributed by atoms with E-state index in [2.05, 4.69) is 0 Å². The van der Waals surface area contributed by atoms with Crippen LogP contribution in [-0.4, -0.2) is 43.1 Å². The summed E-state index contributed by atoms with van der Waals surface area (Å²) >= 11 is 0. The summed E-state index contributed by atoms with van der Waals surface area (Å²) in [5.41, 5.74) is 0.871. The van der Waals surface area contributed by atoms with Crippen LogP contribution < -0.4 is 4.74 Å². The minimum atomic E-state index is -0.494. The highest BCUT2D eigenvalue weighted by molar-refractivity contribution is 5.89. The van der Waals surface area contributed by atoms with Gasteiger partial charge in [0, 0.05) is 18.7 Å². The van der Waals surface area contributed by atoms with E-state index >= 15 is 0 Å². The molecule has 5 heteroatoms. The van der Waals surface area contributed by atoms with Gasteiger partial charge in [0.2, 0.25) is 0 Å². The molecule has 1 amide bonds. The van der Waals surface area contributed by atoms with Crippen molar-refractivity contribution in [2.24, 2.45) is 5.92 Å². The lowest BCUT2D eigenvalue weighted by Gasteiger charge is -2.44. The molecule has 1 aliphatic heterocycles. The summed E-state index contributed by atoms with van der Waals surface area (Å²) in [6, 6.07) is 7.70. The van der Waals surface area contributed by atoms with Crippen LogP contribution >= 0.6 is 0 Å². The van der Waals surface area contributed by atoms with Gasteiger partial charge in [-0.1, -0.05) is 25.0 Å². The predicted octanol–water partition coefficient (Wildman–Crippen LogP) is 3.43. The van der Waals surface area contributed by atoms with Gasteiger partial charge in [0.05, 0.1) is 7.11 Å². The SMILES string of the molecule is COc1ccc(/C=C/C(=O)OCC(=O)N2CCC[C@H]3CCCC[C@H]32)cc1. The summed E-state index contributed by atoms with van der Waals surface area (Å²) in [7, 11) is 1.61. The number of hydrogen-bond acceptors (Lipinski definition) is 4. The zero-order chi connectivity index (χ0) is 18.4. The summed E-state index contributed by atoms with van der Waals surface area (Å²) in [4.78, 5) is 26.4. The normalized spacial score (nSPS) is 22.7. The number of rotatable bonds is 5. The van der Waals surface area contributed by atoms with E-state index in [1.807, 2.05) is 29.2 Å². The van der Waals surface area contributed by atoms with Crippen LogP contribution in [0.3, 0.4) is 0 Å². The van der Waals surface area contributed by atoms with Crippen molar-refractivity contribution in [3.63, 3.8) is 0 Å². The Kier molecular flexibility index (Phi) is 6.31. The number of nitrogens with zero attached hydrogens (tertiary/aromatic N) is 1. The van der Waals surface area contributed by atoms with E-state index in [-0.39, 0.29) is 12.5 Å². The molecule has 1 heterocycles. The molecular formula is C21H27NO4. The van der Waals surface area contributed by atoms with Crippen molar-refractivity contribution in [2.45, 2.75) is 44.6 Å². The number of fused-ring (bicyclic) bond motifs is 1. The monoisotopic (exact) mass is 357 g/mol. The average molecular weight is 357 g/mol. The van der Waals surface area contributed by atoms with Crippen molar-refractivity contribution in [3.05, 3.63) is 35.9 Å². The lowest BCUT2D eigenvalue weighted by atomic mass is 9.78. The van der Waals surface area contributed by atoms with E-state index in [1.54, 1.807) is 13.2 Å². The van der Waals surface area contributed by atoms with Gasteiger partial charge in [-0.25, -0.2) is 4.79 Å². The molecule has 0 unspecified atom stereocenters. The Morgan fingerprint density at radius 1 is 1.12 bits per heavy atom. The van der Waals surface area contributed by atoms with Crippen LogP contribution in [-0.2, 0) is 14.3 Å². The molecule has 0 aromatic heterocycles. The predicted molar refractivity (Wildman–Crippen MR) is 99.7 cm³/mol. The van der Waals surface area contributed by atoms with Gasteiger partial charge < -0.3 is 14.4 Å². The van der Waals surface area contributed by atoms with Gasteiger partial charge >= 0.3 is 5.97 Å². The maximum Gasteiger partial charge on any atom is 0.331 e. The average Bonchev–Trinajstić information content (AvgIpc) is 2.70. The highest BCUT2D eigenvalue weighted by Gasteiger charge is 2.35. The molecule has 1 aliphatic carbocycles. The third kappa shape index (κ3) is 4.65. The summed E-state index contributed by atoms with van der Waals surface area (Å²) < 4.78 is 10.3. The number of likely N-dealkylation sites (tertiary alicyclic amines) is 1. The Morgan fingerprint density at radius 3 is 2.62 bits per heavy atom. The fraction of sp³-hybridized carbons (Fsp3) is 0.524. The number of methoxy groups -OCH3 is 1. The topological polar surface area (TPSA) is 55.8 Å². The molecule has 140 valence electrons. The summed E-state index contributed by atoms with van der Waals surface area (Å²) in [6.45, 7) is 0.619. The molecule has 26 heavy (non-hydrogen) atoms. The van der Waals surface area contributed by atoms with Gasteiger partial charge in [-0.3, -0.25) is 4.79 Å². The third-order valence-electron chi connectivity index (χ3n) is 5.43. The highest BCUT2D eigenvalue weighted by atomic mass is 16.5. The van der Waals surface area contributed by atoms with E-state index in [0.29, 0.717) is 12.0 Å². The molecule has 0 bridgehead atoms. The number of carbonyl (C=O) groups is 2. The largest absolute Gasteiger partial charge is 0.497 e. The molecule has 2 atom stereocenters. The highest BCUT2D eigenvalue weighted by Crippen LogP contribution is 2.35. The first-order valence-corrected chi connectivity index (χ1v) is 9.46. The van der Waals surface area contributed by atoms with Crippen molar-refractivity contribution >= 4 is 18.0 Å². The number of hydrogen-bond donors (Lipinski definition) is 0. The van der Waals surface area contributed by atoms with E-state index in [0.717, 1.165) is 30.7 Å². The van der Waals surface area contributed by atoms with E-state index in [9.17, 15) is 9.59 Å². The van der Waals surface area contributed by atoms with Crippen molar-refractivity contribution in [1.29, 1.82) is 0 Å². The van der Waals surface area contributed by atoms with E-state index in [4.69, 9.17) is 9.47 Å². The molecule has 3 rings (SSSR count). The molecule has 1 aromatic rings. The Bertz CT molecular complexity index is 650. The van der Waals surface area contributed by atoms with Gasteiger partial charge in [0.15, 0.2) is 6.61 Å².